The largest absolute Gasteiger partial charge is 0.332 e. The van der Waals surface area contributed by atoms with E-state index in [1.165, 1.54) is 5.56 Å². The Balaban J connectivity index is 2.03. The maximum atomic E-state index is 6.09. The maximum absolute atomic E-state index is 6.09. The Labute approximate surface area is 130 Å². The molecule has 0 aliphatic carbocycles. The lowest BCUT2D eigenvalue weighted by atomic mass is 10.1. The number of rotatable bonds is 3. The van der Waals surface area contributed by atoms with Crippen molar-refractivity contribution in [2.45, 2.75) is 20.3 Å². The van der Waals surface area contributed by atoms with Crippen molar-refractivity contribution in [1.29, 1.82) is 0 Å². The van der Waals surface area contributed by atoms with Gasteiger partial charge in [0, 0.05) is 16.4 Å². The molecule has 2 rings (SSSR count). The van der Waals surface area contributed by atoms with Crippen molar-refractivity contribution in [1.82, 2.24) is 0 Å². The fourth-order valence-corrected chi connectivity index (χ4v) is 2.25. The molecule has 0 heterocycles. The van der Waals surface area contributed by atoms with Gasteiger partial charge in [-0.2, -0.15) is 0 Å². The molecule has 0 saturated heterocycles. The van der Waals surface area contributed by atoms with Crippen LogP contribution in [-0.2, 0) is 6.42 Å². The van der Waals surface area contributed by atoms with Gasteiger partial charge in [-0.15, -0.1) is 0 Å². The molecule has 0 aliphatic rings. The fourth-order valence-electron chi connectivity index (χ4n) is 1.83. The number of nitrogens with one attached hydrogen (secondary N) is 2. The average Bonchev–Trinajstić information content (AvgIpc) is 2.43. The number of thiocarbonyl (C=S) groups is 1. The predicted molar refractivity (Wildman–Crippen MR) is 91.9 cm³/mol. The van der Waals surface area contributed by atoms with Gasteiger partial charge >= 0.3 is 0 Å². The zero-order valence-corrected chi connectivity index (χ0v) is 13.1. The van der Waals surface area contributed by atoms with E-state index in [2.05, 4.69) is 29.7 Å². The lowest BCUT2D eigenvalue weighted by molar-refractivity contribution is 1.14. The maximum Gasteiger partial charge on any atom is 0.175 e. The van der Waals surface area contributed by atoms with Gasteiger partial charge in [-0.3, -0.25) is 0 Å². The van der Waals surface area contributed by atoms with Crippen LogP contribution in [0.1, 0.15) is 18.1 Å². The summed E-state index contributed by atoms with van der Waals surface area (Å²) in [4.78, 5) is 0. The van der Waals surface area contributed by atoms with Crippen LogP contribution in [0.5, 0.6) is 0 Å². The van der Waals surface area contributed by atoms with Crippen molar-refractivity contribution in [3.05, 3.63) is 58.6 Å². The summed E-state index contributed by atoms with van der Waals surface area (Å²) >= 11 is 11.4. The standard InChI is InChI=1S/C16H17ClN2S/c1-3-12-5-4-6-13(9-12)18-16(20)19-14-8-7-11(2)15(17)10-14/h4-10H,3H2,1-2H3,(H2,18,19,20). The van der Waals surface area contributed by atoms with Gasteiger partial charge in [0.15, 0.2) is 5.11 Å². The van der Waals surface area contributed by atoms with E-state index in [1.807, 2.05) is 37.3 Å². The number of hydrogen-bond acceptors (Lipinski definition) is 1. The van der Waals surface area contributed by atoms with E-state index in [-0.39, 0.29) is 0 Å². The second-order valence-electron chi connectivity index (χ2n) is 4.60. The number of aryl methyl sites for hydroxylation is 2. The van der Waals surface area contributed by atoms with Gasteiger partial charge in [0.25, 0.3) is 0 Å². The highest BCUT2D eigenvalue weighted by atomic mass is 35.5. The molecule has 2 aromatic carbocycles. The highest BCUT2D eigenvalue weighted by Gasteiger charge is 2.02. The van der Waals surface area contributed by atoms with Crippen LogP contribution in [0.25, 0.3) is 0 Å². The fraction of sp³-hybridized carbons (Fsp3) is 0.188. The van der Waals surface area contributed by atoms with E-state index in [4.69, 9.17) is 23.8 Å². The summed E-state index contributed by atoms with van der Waals surface area (Å²) in [6, 6.07) is 14.0. The van der Waals surface area contributed by atoms with E-state index < -0.39 is 0 Å². The van der Waals surface area contributed by atoms with Crippen LogP contribution in [0.15, 0.2) is 42.5 Å². The molecule has 104 valence electrons. The summed E-state index contributed by atoms with van der Waals surface area (Å²) < 4.78 is 0. The van der Waals surface area contributed by atoms with Crippen LogP contribution in [0.3, 0.4) is 0 Å². The topological polar surface area (TPSA) is 24.1 Å². The molecular formula is C16H17ClN2S. The second kappa shape index (κ2) is 6.73. The minimum absolute atomic E-state index is 0.554. The number of benzene rings is 2. The van der Waals surface area contributed by atoms with Crippen molar-refractivity contribution >= 4 is 40.3 Å². The summed E-state index contributed by atoms with van der Waals surface area (Å²) in [6.07, 6.45) is 1.00. The summed E-state index contributed by atoms with van der Waals surface area (Å²) in [6.45, 7) is 4.10. The number of anilines is 2. The van der Waals surface area contributed by atoms with Gasteiger partial charge < -0.3 is 10.6 Å². The molecule has 0 atom stereocenters. The van der Waals surface area contributed by atoms with Crippen molar-refractivity contribution in [2.24, 2.45) is 0 Å². The molecule has 20 heavy (non-hydrogen) atoms. The Bertz CT molecular complexity index is 626. The Morgan fingerprint density at radius 3 is 2.45 bits per heavy atom. The van der Waals surface area contributed by atoms with Crippen LogP contribution >= 0.6 is 23.8 Å². The molecule has 0 aliphatic heterocycles. The first-order chi connectivity index (χ1) is 9.58. The molecule has 2 nitrogen and oxygen atoms in total. The highest BCUT2D eigenvalue weighted by molar-refractivity contribution is 7.80. The highest BCUT2D eigenvalue weighted by Crippen LogP contribution is 2.20. The van der Waals surface area contributed by atoms with Crippen LogP contribution in [0.2, 0.25) is 5.02 Å². The first-order valence-electron chi connectivity index (χ1n) is 6.51. The van der Waals surface area contributed by atoms with Gasteiger partial charge in [-0.25, -0.2) is 0 Å². The Morgan fingerprint density at radius 1 is 1.10 bits per heavy atom. The second-order valence-corrected chi connectivity index (χ2v) is 5.41. The molecule has 4 heteroatoms. The van der Waals surface area contributed by atoms with E-state index >= 15 is 0 Å². The smallest absolute Gasteiger partial charge is 0.175 e. The Morgan fingerprint density at radius 2 is 1.80 bits per heavy atom. The minimum Gasteiger partial charge on any atom is -0.332 e. The molecule has 0 spiro atoms. The van der Waals surface area contributed by atoms with Crippen molar-refractivity contribution in [2.75, 3.05) is 10.6 Å². The van der Waals surface area contributed by atoms with Crippen molar-refractivity contribution < 1.29 is 0 Å². The zero-order valence-electron chi connectivity index (χ0n) is 11.5. The molecule has 0 aromatic heterocycles. The molecule has 0 fully saturated rings. The lowest BCUT2D eigenvalue weighted by Crippen LogP contribution is -2.19. The predicted octanol–water partition coefficient (Wildman–Crippen LogP) is 5.02. The minimum atomic E-state index is 0.554. The first kappa shape index (κ1) is 14.8. The van der Waals surface area contributed by atoms with Gasteiger partial charge in [0.1, 0.15) is 0 Å². The van der Waals surface area contributed by atoms with Crippen molar-refractivity contribution in [3.63, 3.8) is 0 Å². The van der Waals surface area contributed by atoms with Crippen LogP contribution < -0.4 is 10.6 Å². The normalized spacial score (nSPS) is 10.2. The summed E-state index contributed by atoms with van der Waals surface area (Å²) in [7, 11) is 0. The molecule has 2 N–H and O–H groups in total. The van der Waals surface area contributed by atoms with Crippen LogP contribution in [-0.4, -0.2) is 5.11 Å². The third kappa shape index (κ3) is 3.95. The van der Waals surface area contributed by atoms with E-state index in [1.54, 1.807) is 0 Å². The van der Waals surface area contributed by atoms with Gasteiger partial charge in [0.05, 0.1) is 0 Å². The number of halogens is 1. The molecule has 0 saturated carbocycles. The van der Waals surface area contributed by atoms with E-state index in [9.17, 15) is 0 Å². The van der Waals surface area contributed by atoms with Crippen molar-refractivity contribution in [3.8, 4) is 0 Å². The SMILES string of the molecule is CCc1cccc(NC(=S)Nc2ccc(C)c(Cl)c2)c1. The lowest BCUT2D eigenvalue weighted by Gasteiger charge is -2.12. The molecule has 0 bridgehead atoms. The molecular weight excluding hydrogens is 288 g/mol. The van der Waals surface area contributed by atoms with Crippen LogP contribution in [0.4, 0.5) is 11.4 Å². The number of hydrogen-bond donors (Lipinski definition) is 2. The summed E-state index contributed by atoms with van der Waals surface area (Å²) in [5.41, 5.74) is 4.19. The average molecular weight is 305 g/mol. The molecule has 0 unspecified atom stereocenters. The first-order valence-corrected chi connectivity index (χ1v) is 7.30. The van der Waals surface area contributed by atoms with Gasteiger partial charge in [-0.1, -0.05) is 36.7 Å². The Hall–Kier alpha value is -1.58. The monoisotopic (exact) mass is 304 g/mol. The van der Waals surface area contributed by atoms with E-state index in [0.29, 0.717) is 5.11 Å². The molecule has 2 aromatic rings. The third-order valence-corrected chi connectivity index (χ3v) is 3.63. The summed E-state index contributed by atoms with van der Waals surface area (Å²) in [5.74, 6) is 0. The zero-order chi connectivity index (χ0) is 14.5. The molecule has 0 radical (unpaired) electrons. The van der Waals surface area contributed by atoms with E-state index in [0.717, 1.165) is 28.4 Å². The quantitative estimate of drug-likeness (QED) is 0.779. The van der Waals surface area contributed by atoms with Gasteiger partial charge in [-0.05, 0) is 61.0 Å². The third-order valence-electron chi connectivity index (χ3n) is 3.02. The van der Waals surface area contributed by atoms with Gasteiger partial charge in [0.2, 0.25) is 0 Å². The Kier molecular flexibility index (Phi) is 4.99. The summed E-state index contributed by atoms with van der Waals surface area (Å²) in [5, 5.41) is 7.59. The molecule has 0 amide bonds. The van der Waals surface area contributed by atoms with Crippen LogP contribution in [0, 0.1) is 6.92 Å².